The molecule has 0 amide bonds. The fraction of sp³-hybridized carbons (Fsp3) is 0.200. The van der Waals surface area contributed by atoms with Crippen LogP contribution in [0.4, 0.5) is 4.39 Å². The summed E-state index contributed by atoms with van der Waals surface area (Å²) in [5.74, 6) is -0.162. The Morgan fingerprint density at radius 1 is 1.38 bits per heavy atom. The normalized spacial score (nSPS) is 11.0. The van der Waals surface area contributed by atoms with Crippen molar-refractivity contribution in [1.82, 2.24) is 4.57 Å². The molecule has 0 radical (unpaired) electrons. The third-order valence-corrected chi connectivity index (χ3v) is 2.40. The number of hydrogen-bond acceptors (Lipinski definition) is 1. The van der Waals surface area contributed by atoms with Crippen LogP contribution in [0.5, 0.6) is 5.75 Å². The standard InChI is InChI=1S/C10H10FNO/c1-6-10(11)8-5-7(13)3-4-9(8)12(6)2/h3-5,13H,1-2H3. The van der Waals surface area contributed by atoms with Gasteiger partial charge in [0.25, 0.3) is 0 Å². The molecule has 0 aliphatic carbocycles. The van der Waals surface area contributed by atoms with Crippen molar-refractivity contribution < 1.29 is 9.50 Å². The van der Waals surface area contributed by atoms with Crippen LogP contribution in [-0.2, 0) is 7.05 Å². The van der Waals surface area contributed by atoms with Crippen LogP contribution < -0.4 is 0 Å². The van der Waals surface area contributed by atoms with Crippen LogP contribution in [0.25, 0.3) is 10.9 Å². The molecule has 0 unspecified atom stereocenters. The van der Waals surface area contributed by atoms with Crippen LogP contribution in [0, 0.1) is 12.7 Å². The van der Waals surface area contributed by atoms with Crippen molar-refractivity contribution in [2.75, 3.05) is 0 Å². The van der Waals surface area contributed by atoms with E-state index in [-0.39, 0.29) is 11.6 Å². The Labute approximate surface area is 75.2 Å². The molecule has 2 rings (SSSR count). The lowest BCUT2D eigenvalue weighted by atomic mass is 10.2. The molecule has 2 nitrogen and oxygen atoms in total. The molecule has 0 atom stereocenters. The van der Waals surface area contributed by atoms with Crippen molar-refractivity contribution in [1.29, 1.82) is 0 Å². The van der Waals surface area contributed by atoms with Crippen molar-refractivity contribution in [3.05, 3.63) is 29.7 Å². The van der Waals surface area contributed by atoms with E-state index in [1.165, 1.54) is 6.07 Å². The minimum Gasteiger partial charge on any atom is -0.508 e. The summed E-state index contributed by atoms with van der Waals surface area (Å²) in [6, 6.07) is 4.71. The van der Waals surface area contributed by atoms with Crippen LogP contribution in [0.15, 0.2) is 18.2 Å². The van der Waals surface area contributed by atoms with E-state index >= 15 is 0 Å². The number of fused-ring (bicyclic) bond motifs is 1. The zero-order valence-corrected chi connectivity index (χ0v) is 7.50. The van der Waals surface area contributed by atoms with E-state index in [2.05, 4.69) is 0 Å². The van der Waals surface area contributed by atoms with Gasteiger partial charge in [0, 0.05) is 12.4 Å². The van der Waals surface area contributed by atoms with Crippen LogP contribution in [-0.4, -0.2) is 9.67 Å². The Morgan fingerprint density at radius 3 is 2.77 bits per heavy atom. The van der Waals surface area contributed by atoms with E-state index in [9.17, 15) is 9.50 Å². The fourth-order valence-corrected chi connectivity index (χ4v) is 1.52. The molecule has 1 N–H and O–H groups in total. The van der Waals surface area contributed by atoms with E-state index in [4.69, 9.17) is 0 Å². The smallest absolute Gasteiger partial charge is 0.151 e. The summed E-state index contributed by atoms with van der Waals surface area (Å²) in [5, 5.41) is 9.65. The molecule has 13 heavy (non-hydrogen) atoms. The number of aryl methyl sites for hydroxylation is 1. The van der Waals surface area contributed by atoms with Gasteiger partial charge >= 0.3 is 0 Å². The number of aromatic hydroxyl groups is 1. The highest BCUT2D eigenvalue weighted by Crippen LogP contribution is 2.26. The minimum absolute atomic E-state index is 0.0944. The first kappa shape index (κ1) is 8.10. The van der Waals surface area contributed by atoms with Gasteiger partial charge in [-0.2, -0.15) is 0 Å². The average molecular weight is 179 g/mol. The molecule has 0 aliphatic rings. The molecule has 68 valence electrons. The van der Waals surface area contributed by atoms with Gasteiger partial charge in [-0.05, 0) is 25.1 Å². The van der Waals surface area contributed by atoms with Crippen LogP contribution in [0.2, 0.25) is 0 Å². The monoisotopic (exact) mass is 179 g/mol. The Balaban J connectivity index is 2.95. The van der Waals surface area contributed by atoms with Gasteiger partial charge in [0.2, 0.25) is 0 Å². The number of benzene rings is 1. The summed E-state index contributed by atoms with van der Waals surface area (Å²) in [7, 11) is 1.80. The molecule has 0 bridgehead atoms. The van der Waals surface area contributed by atoms with Gasteiger partial charge in [-0.1, -0.05) is 0 Å². The van der Waals surface area contributed by atoms with Gasteiger partial charge in [-0.15, -0.1) is 0 Å². The predicted octanol–water partition coefficient (Wildman–Crippen LogP) is 2.33. The largest absolute Gasteiger partial charge is 0.508 e. The second kappa shape index (κ2) is 2.49. The van der Waals surface area contributed by atoms with Gasteiger partial charge in [-0.3, -0.25) is 0 Å². The maximum atomic E-state index is 13.5. The Morgan fingerprint density at radius 2 is 2.08 bits per heavy atom. The zero-order chi connectivity index (χ0) is 9.59. The first-order chi connectivity index (χ1) is 6.11. The van der Waals surface area contributed by atoms with E-state index in [0.29, 0.717) is 11.1 Å². The van der Waals surface area contributed by atoms with Crippen molar-refractivity contribution in [2.24, 2.45) is 7.05 Å². The maximum absolute atomic E-state index is 13.5. The first-order valence-corrected chi connectivity index (χ1v) is 4.05. The summed E-state index contributed by atoms with van der Waals surface area (Å²) < 4.78 is 15.2. The first-order valence-electron chi connectivity index (χ1n) is 4.05. The lowest BCUT2D eigenvalue weighted by Gasteiger charge is -1.97. The molecular weight excluding hydrogens is 169 g/mol. The van der Waals surface area contributed by atoms with Crippen LogP contribution >= 0.6 is 0 Å². The van der Waals surface area contributed by atoms with Crippen molar-refractivity contribution in [2.45, 2.75) is 6.92 Å². The molecular formula is C10H10FNO. The molecule has 1 heterocycles. The quantitative estimate of drug-likeness (QED) is 0.659. The second-order valence-corrected chi connectivity index (χ2v) is 3.16. The van der Waals surface area contributed by atoms with E-state index in [0.717, 1.165) is 5.52 Å². The Kier molecular flexibility index (Phi) is 1.55. The molecule has 0 aliphatic heterocycles. The van der Waals surface area contributed by atoms with Gasteiger partial charge in [0.1, 0.15) is 5.75 Å². The molecule has 1 aromatic heterocycles. The highest BCUT2D eigenvalue weighted by atomic mass is 19.1. The fourth-order valence-electron chi connectivity index (χ4n) is 1.52. The second-order valence-electron chi connectivity index (χ2n) is 3.16. The zero-order valence-electron chi connectivity index (χ0n) is 7.50. The maximum Gasteiger partial charge on any atom is 0.151 e. The molecule has 0 spiro atoms. The highest BCUT2D eigenvalue weighted by Gasteiger charge is 2.11. The molecule has 0 saturated heterocycles. The summed E-state index contributed by atoms with van der Waals surface area (Å²) in [5.41, 5.74) is 1.38. The van der Waals surface area contributed by atoms with E-state index < -0.39 is 0 Å². The highest BCUT2D eigenvalue weighted by molar-refractivity contribution is 5.83. The summed E-state index contributed by atoms with van der Waals surface area (Å²) in [4.78, 5) is 0. The SMILES string of the molecule is Cc1c(F)c2cc(O)ccc2n1C. The number of phenols is 1. The molecule has 0 saturated carbocycles. The third-order valence-electron chi connectivity index (χ3n) is 2.40. The number of rotatable bonds is 0. The molecule has 2 aromatic rings. The third kappa shape index (κ3) is 1.00. The summed E-state index contributed by atoms with van der Waals surface area (Å²) >= 11 is 0. The summed E-state index contributed by atoms with van der Waals surface area (Å²) in [6.07, 6.45) is 0. The van der Waals surface area contributed by atoms with Crippen molar-refractivity contribution >= 4 is 10.9 Å². The van der Waals surface area contributed by atoms with Gasteiger partial charge in [0.15, 0.2) is 5.82 Å². The number of aromatic nitrogens is 1. The van der Waals surface area contributed by atoms with Crippen LogP contribution in [0.1, 0.15) is 5.69 Å². The lowest BCUT2D eigenvalue weighted by molar-refractivity contribution is 0.476. The molecule has 1 aromatic carbocycles. The Bertz CT molecular complexity index is 473. The number of hydrogen-bond donors (Lipinski definition) is 1. The number of halogens is 1. The Hall–Kier alpha value is -1.51. The summed E-state index contributed by atoms with van der Waals surface area (Å²) in [6.45, 7) is 1.71. The van der Waals surface area contributed by atoms with E-state index in [1.54, 1.807) is 30.7 Å². The van der Waals surface area contributed by atoms with Gasteiger partial charge in [-0.25, -0.2) is 4.39 Å². The lowest BCUT2D eigenvalue weighted by Crippen LogP contribution is -1.89. The molecule has 3 heteroatoms. The average Bonchev–Trinajstić information content (AvgIpc) is 2.32. The van der Waals surface area contributed by atoms with Crippen molar-refractivity contribution in [3.63, 3.8) is 0 Å². The van der Waals surface area contributed by atoms with Crippen LogP contribution in [0.3, 0.4) is 0 Å². The number of phenolic OH excluding ortho intramolecular Hbond substituents is 1. The van der Waals surface area contributed by atoms with E-state index in [1.807, 2.05) is 0 Å². The van der Waals surface area contributed by atoms with Gasteiger partial charge in [0.05, 0.1) is 11.2 Å². The molecule has 0 fully saturated rings. The van der Waals surface area contributed by atoms with Gasteiger partial charge < -0.3 is 9.67 Å². The van der Waals surface area contributed by atoms with Crippen molar-refractivity contribution in [3.8, 4) is 5.75 Å². The minimum atomic E-state index is -0.256. The predicted molar refractivity (Wildman–Crippen MR) is 49.3 cm³/mol. The topological polar surface area (TPSA) is 25.2 Å². The number of nitrogens with zero attached hydrogens (tertiary/aromatic N) is 1.